The van der Waals surface area contributed by atoms with E-state index in [-0.39, 0.29) is 0 Å². The number of allylic oxidation sites excluding steroid dienone is 5. The van der Waals surface area contributed by atoms with Gasteiger partial charge in [-0.15, -0.1) is 0 Å². The van der Waals surface area contributed by atoms with Crippen molar-refractivity contribution >= 4 is 5.97 Å². The molecule has 16 heavy (non-hydrogen) atoms. The largest absolute Gasteiger partial charge is 0.478 e. The van der Waals surface area contributed by atoms with Crippen LogP contribution in [0.5, 0.6) is 0 Å². The highest BCUT2D eigenvalue weighted by atomic mass is 16.4. The molecule has 2 aliphatic carbocycles. The molecule has 0 aliphatic heterocycles. The Labute approximate surface area is 94.1 Å². The molecule has 0 aromatic rings. The average molecular weight is 218 g/mol. The molecule has 1 unspecified atom stereocenters. The number of rotatable bonds is 1. The topological polar surface area (TPSA) is 57.5 Å². The van der Waals surface area contributed by atoms with Crippen molar-refractivity contribution in [2.75, 3.05) is 0 Å². The second kappa shape index (κ2) is 4.49. The van der Waals surface area contributed by atoms with E-state index in [0.29, 0.717) is 19.3 Å². The van der Waals surface area contributed by atoms with E-state index in [1.807, 2.05) is 24.3 Å². The molecule has 84 valence electrons. The molecule has 0 radical (unpaired) electrons. The van der Waals surface area contributed by atoms with E-state index in [9.17, 15) is 9.90 Å². The molecule has 0 aromatic heterocycles. The van der Waals surface area contributed by atoms with E-state index in [0.717, 1.165) is 16.7 Å². The fourth-order valence-electron chi connectivity index (χ4n) is 2.18. The Hall–Kier alpha value is -1.61. The quantitative estimate of drug-likeness (QED) is 0.661. The van der Waals surface area contributed by atoms with Crippen molar-refractivity contribution in [3.8, 4) is 0 Å². The Morgan fingerprint density at radius 1 is 1.44 bits per heavy atom. The van der Waals surface area contributed by atoms with Gasteiger partial charge in [-0.05, 0) is 36.0 Å². The summed E-state index contributed by atoms with van der Waals surface area (Å²) < 4.78 is 0. The van der Waals surface area contributed by atoms with Crippen LogP contribution < -0.4 is 0 Å². The predicted octanol–water partition coefficient (Wildman–Crippen LogP) is 1.96. The molecule has 2 N–H and O–H groups in total. The summed E-state index contributed by atoms with van der Waals surface area (Å²) >= 11 is 0. The number of aliphatic hydroxyl groups is 1. The lowest BCUT2D eigenvalue weighted by atomic mass is 9.84. The Balaban J connectivity index is 2.44. The van der Waals surface area contributed by atoms with Gasteiger partial charge in [0.1, 0.15) is 0 Å². The number of aliphatic carboxylic acids is 1. The minimum atomic E-state index is -0.921. The molecule has 3 nitrogen and oxygen atoms in total. The van der Waals surface area contributed by atoms with Crippen LogP contribution in [0.15, 0.2) is 47.1 Å². The maximum atomic E-state index is 10.7. The molecular weight excluding hydrogens is 204 g/mol. The van der Waals surface area contributed by atoms with Crippen LogP contribution in [0.1, 0.15) is 19.3 Å². The van der Waals surface area contributed by atoms with Gasteiger partial charge in [0.2, 0.25) is 0 Å². The Morgan fingerprint density at radius 2 is 2.25 bits per heavy atom. The van der Waals surface area contributed by atoms with Crippen molar-refractivity contribution in [3.05, 3.63) is 47.1 Å². The van der Waals surface area contributed by atoms with Crippen molar-refractivity contribution in [2.45, 2.75) is 25.4 Å². The number of aliphatic hydroxyl groups excluding tert-OH is 1. The molecule has 0 bridgehead atoms. The molecule has 3 heteroatoms. The summed E-state index contributed by atoms with van der Waals surface area (Å²) in [5.41, 5.74) is 2.67. The minimum absolute atomic E-state index is 0.461. The van der Waals surface area contributed by atoms with Gasteiger partial charge in [-0.25, -0.2) is 4.79 Å². The average Bonchev–Trinajstić information content (AvgIpc) is 2.47. The van der Waals surface area contributed by atoms with E-state index < -0.39 is 12.1 Å². The van der Waals surface area contributed by atoms with Gasteiger partial charge >= 0.3 is 5.97 Å². The summed E-state index contributed by atoms with van der Waals surface area (Å²) in [6.45, 7) is 0. The second-order valence-electron chi connectivity index (χ2n) is 3.99. The van der Waals surface area contributed by atoms with Gasteiger partial charge in [-0.2, -0.15) is 0 Å². The Kier molecular flexibility index (Phi) is 3.06. The molecule has 0 saturated heterocycles. The van der Waals surface area contributed by atoms with Crippen LogP contribution in [0.3, 0.4) is 0 Å². The number of hydrogen-bond acceptors (Lipinski definition) is 2. The van der Waals surface area contributed by atoms with E-state index in [2.05, 4.69) is 0 Å². The maximum absolute atomic E-state index is 10.7. The van der Waals surface area contributed by atoms with Gasteiger partial charge in [0.25, 0.3) is 0 Å². The minimum Gasteiger partial charge on any atom is -0.478 e. The highest BCUT2D eigenvalue weighted by Gasteiger charge is 2.23. The van der Waals surface area contributed by atoms with Crippen LogP contribution in [0.25, 0.3) is 0 Å². The predicted molar refractivity (Wildman–Crippen MR) is 60.9 cm³/mol. The number of carbonyl (C=O) groups is 1. The third kappa shape index (κ3) is 2.14. The van der Waals surface area contributed by atoms with Gasteiger partial charge in [-0.1, -0.05) is 24.3 Å². The van der Waals surface area contributed by atoms with Crippen LogP contribution in [-0.2, 0) is 4.79 Å². The van der Waals surface area contributed by atoms with E-state index in [1.165, 1.54) is 6.08 Å². The molecule has 0 saturated carbocycles. The molecule has 2 rings (SSSR count). The Morgan fingerprint density at radius 3 is 3.00 bits per heavy atom. The van der Waals surface area contributed by atoms with Crippen LogP contribution >= 0.6 is 0 Å². The van der Waals surface area contributed by atoms with Crippen LogP contribution in [0.4, 0.5) is 0 Å². The van der Waals surface area contributed by atoms with Crippen molar-refractivity contribution in [2.24, 2.45) is 0 Å². The molecule has 0 spiro atoms. The number of carboxylic acid groups (broad SMARTS) is 1. The zero-order valence-corrected chi connectivity index (χ0v) is 8.89. The first-order valence-electron chi connectivity index (χ1n) is 5.36. The zero-order valence-electron chi connectivity index (χ0n) is 8.89. The summed E-state index contributed by atoms with van der Waals surface area (Å²) in [5.74, 6) is -0.921. The van der Waals surface area contributed by atoms with Gasteiger partial charge < -0.3 is 10.2 Å². The van der Waals surface area contributed by atoms with Gasteiger partial charge in [0, 0.05) is 6.08 Å². The summed E-state index contributed by atoms with van der Waals surface area (Å²) in [7, 11) is 0. The number of carboxylic acids is 1. The van der Waals surface area contributed by atoms with Crippen molar-refractivity contribution in [1.29, 1.82) is 0 Å². The Bertz CT molecular complexity index is 424. The molecule has 0 heterocycles. The van der Waals surface area contributed by atoms with Crippen LogP contribution in [-0.4, -0.2) is 22.3 Å². The standard InChI is InChI=1S/C13H14O3/c14-12-7-6-9(8-13(15)16)10-4-2-1-3-5-11(10)12/h1-3,5,8,12,14H,4,6-7H2,(H,15,16)/b9-8-. The van der Waals surface area contributed by atoms with Gasteiger partial charge in [0.15, 0.2) is 0 Å². The first kappa shape index (κ1) is 10.9. The third-order valence-electron chi connectivity index (χ3n) is 2.92. The lowest BCUT2D eigenvalue weighted by molar-refractivity contribution is -0.131. The summed E-state index contributed by atoms with van der Waals surface area (Å²) in [5, 5.41) is 18.7. The fourth-order valence-corrected chi connectivity index (χ4v) is 2.18. The lowest BCUT2D eigenvalue weighted by Gasteiger charge is -2.24. The lowest BCUT2D eigenvalue weighted by Crippen LogP contribution is -2.18. The van der Waals surface area contributed by atoms with Crippen LogP contribution in [0, 0.1) is 0 Å². The summed E-state index contributed by atoms with van der Waals surface area (Å²) in [6.07, 6.45) is 10.4. The molecular formula is C13H14O3. The van der Waals surface area contributed by atoms with Crippen molar-refractivity contribution in [3.63, 3.8) is 0 Å². The maximum Gasteiger partial charge on any atom is 0.328 e. The second-order valence-corrected chi connectivity index (χ2v) is 3.99. The smallest absolute Gasteiger partial charge is 0.328 e. The molecule has 0 amide bonds. The highest BCUT2D eigenvalue weighted by Crippen LogP contribution is 2.34. The zero-order chi connectivity index (χ0) is 11.5. The van der Waals surface area contributed by atoms with E-state index >= 15 is 0 Å². The third-order valence-corrected chi connectivity index (χ3v) is 2.92. The van der Waals surface area contributed by atoms with Crippen molar-refractivity contribution < 1.29 is 15.0 Å². The normalized spacial score (nSPS) is 26.8. The molecule has 0 fully saturated rings. The van der Waals surface area contributed by atoms with E-state index in [4.69, 9.17) is 5.11 Å². The highest BCUT2D eigenvalue weighted by molar-refractivity contribution is 5.82. The fraction of sp³-hybridized carbons (Fsp3) is 0.308. The van der Waals surface area contributed by atoms with Crippen LogP contribution in [0.2, 0.25) is 0 Å². The SMILES string of the molecule is O=C(O)/C=C1/CCC(O)C2=C1CC=CC=C2. The van der Waals surface area contributed by atoms with Crippen molar-refractivity contribution in [1.82, 2.24) is 0 Å². The summed E-state index contributed by atoms with van der Waals surface area (Å²) in [6, 6.07) is 0. The molecule has 2 aliphatic rings. The number of hydrogen-bond donors (Lipinski definition) is 2. The van der Waals surface area contributed by atoms with Gasteiger partial charge in [0.05, 0.1) is 6.10 Å². The first-order valence-corrected chi connectivity index (χ1v) is 5.36. The first-order chi connectivity index (χ1) is 7.68. The van der Waals surface area contributed by atoms with E-state index in [1.54, 1.807) is 0 Å². The summed E-state index contributed by atoms with van der Waals surface area (Å²) in [4.78, 5) is 10.7. The molecule has 0 aromatic carbocycles. The molecule has 1 atom stereocenters. The monoisotopic (exact) mass is 218 g/mol. The van der Waals surface area contributed by atoms with Gasteiger partial charge in [-0.3, -0.25) is 0 Å².